The van der Waals surface area contributed by atoms with Crippen LogP contribution in [0.4, 0.5) is 0 Å². The Morgan fingerprint density at radius 3 is 3.06 bits per heavy atom. The average molecular weight is 240 g/mol. The zero-order chi connectivity index (χ0) is 12.4. The SMILES string of the molecule is Cc1ncc2c(n1)CN(Cc1ccccn1)CC2. The molecule has 4 heteroatoms. The second-order valence-electron chi connectivity index (χ2n) is 4.67. The number of nitrogens with zero attached hydrogens (tertiary/aromatic N) is 4. The van der Waals surface area contributed by atoms with Crippen molar-refractivity contribution in [2.75, 3.05) is 6.54 Å². The second-order valence-corrected chi connectivity index (χ2v) is 4.67. The van der Waals surface area contributed by atoms with Crippen molar-refractivity contribution >= 4 is 0 Å². The number of hydrogen-bond acceptors (Lipinski definition) is 4. The summed E-state index contributed by atoms with van der Waals surface area (Å²) in [5.41, 5.74) is 3.58. The van der Waals surface area contributed by atoms with E-state index in [1.165, 1.54) is 11.3 Å². The summed E-state index contributed by atoms with van der Waals surface area (Å²) in [4.78, 5) is 15.5. The minimum atomic E-state index is 0.855. The van der Waals surface area contributed by atoms with E-state index in [1.54, 1.807) is 0 Å². The first-order valence-corrected chi connectivity index (χ1v) is 6.25. The molecule has 92 valence electrons. The topological polar surface area (TPSA) is 41.9 Å². The fourth-order valence-electron chi connectivity index (χ4n) is 2.31. The van der Waals surface area contributed by atoms with Crippen LogP contribution in [0, 0.1) is 6.92 Å². The number of aromatic nitrogens is 3. The van der Waals surface area contributed by atoms with Crippen molar-refractivity contribution in [2.24, 2.45) is 0 Å². The van der Waals surface area contributed by atoms with E-state index in [-0.39, 0.29) is 0 Å². The van der Waals surface area contributed by atoms with Gasteiger partial charge in [0.2, 0.25) is 0 Å². The predicted molar refractivity (Wildman–Crippen MR) is 68.8 cm³/mol. The van der Waals surface area contributed by atoms with Crippen molar-refractivity contribution in [3.8, 4) is 0 Å². The Balaban J connectivity index is 1.75. The summed E-state index contributed by atoms with van der Waals surface area (Å²) < 4.78 is 0. The smallest absolute Gasteiger partial charge is 0.125 e. The van der Waals surface area contributed by atoms with Crippen LogP contribution < -0.4 is 0 Å². The van der Waals surface area contributed by atoms with Gasteiger partial charge in [0, 0.05) is 32.0 Å². The fraction of sp³-hybridized carbons (Fsp3) is 0.357. The highest BCUT2D eigenvalue weighted by molar-refractivity contribution is 5.20. The zero-order valence-electron chi connectivity index (χ0n) is 10.5. The summed E-state index contributed by atoms with van der Waals surface area (Å²) in [5, 5.41) is 0. The largest absolute Gasteiger partial charge is 0.291 e. The van der Waals surface area contributed by atoms with Crippen LogP contribution in [-0.4, -0.2) is 26.4 Å². The number of pyridine rings is 1. The van der Waals surface area contributed by atoms with Crippen LogP contribution in [0.15, 0.2) is 30.6 Å². The number of rotatable bonds is 2. The van der Waals surface area contributed by atoms with E-state index in [0.29, 0.717) is 0 Å². The molecular formula is C14H16N4. The average Bonchev–Trinajstić information content (AvgIpc) is 2.39. The molecule has 0 bridgehead atoms. The summed E-state index contributed by atoms with van der Waals surface area (Å²) in [5.74, 6) is 0.855. The summed E-state index contributed by atoms with van der Waals surface area (Å²) in [6, 6.07) is 6.05. The molecule has 0 aromatic carbocycles. The molecule has 0 aliphatic carbocycles. The predicted octanol–water partition coefficient (Wildman–Crippen LogP) is 1.74. The molecule has 0 saturated heterocycles. The first-order chi connectivity index (χ1) is 8.81. The molecule has 1 aliphatic heterocycles. The van der Waals surface area contributed by atoms with Gasteiger partial charge in [0.15, 0.2) is 0 Å². The second kappa shape index (κ2) is 4.82. The molecule has 0 N–H and O–H groups in total. The van der Waals surface area contributed by atoms with Crippen LogP contribution in [0.2, 0.25) is 0 Å². The van der Waals surface area contributed by atoms with Gasteiger partial charge in [0.05, 0.1) is 11.4 Å². The van der Waals surface area contributed by atoms with Crippen molar-refractivity contribution < 1.29 is 0 Å². The van der Waals surface area contributed by atoms with Crippen LogP contribution in [0.25, 0.3) is 0 Å². The molecule has 18 heavy (non-hydrogen) atoms. The molecule has 0 atom stereocenters. The molecule has 0 radical (unpaired) electrons. The van der Waals surface area contributed by atoms with E-state index >= 15 is 0 Å². The van der Waals surface area contributed by atoms with Gasteiger partial charge in [-0.25, -0.2) is 9.97 Å². The molecule has 0 fully saturated rings. The van der Waals surface area contributed by atoms with Crippen molar-refractivity contribution in [2.45, 2.75) is 26.4 Å². The van der Waals surface area contributed by atoms with Crippen molar-refractivity contribution in [1.82, 2.24) is 19.9 Å². The molecule has 3 rings (SSSR count). The molecule has 2 aromatic heterocycles. The van der Waals surface area contributed by atoms with Crippen LogP contribution in [0.5, 0.6) is 0 Å². The first kappa shape index (κ1) is 11.3. The van der Waals surface area contributed by atoms with Crippen molar-refractivity contribution in [3.05, 3.63) is 53.4 Å². The van der Waals surface area contributed by atoms with Crippen molar-refractivity contribution in [1.29, 1.82) is 0 Å². The number of fused-ring (bicyclic) bond motifs is 1. The molecule has 1 aliphatic rings. The van der Waals surface area contributed by atoms with E-state index < -0.39 is 0 Å². The monoisotopic (exact) mass is 240 g/mol. The summed E-state index contributed by atoms with van der Waals surface area (Å²) in [6.07, 6.45) is 4.85. The lowest BCUT2D eigenvalue weighted by Crippen LogP contribution is -2.31. The maximum Gasteiger partial charge on any atom is 0.125 e. The maximum atomic E-state index is 4.53. The Hall–Kier alpha value is -1.81. The van der Waals surface area contributed by atoms with Crippen LogP contribution in [0.1, 0.15) is 22.8 Å². The van der Waals surface area contributed by atoms with Gasteiger partial charge in [-0.15, -0.1) is 0 Å². The highest BCUT2D eigenvalue weighted by atomic mass is 15.1. The van der Waals surface area contributed by atoms with Gasteiger partial charge < -0.3 is 0 Å². The molecule has 0 unspecified atom stereocenters. The van der Waals surface area contributed by atoms with E-state index in [9.17, 15) is 0 Å². The lowest BCUT2D eigenvalue weighted by molar-refractivity contribution is 0.238. The van der Waals surface area contributed by atoms with Crippen LogP contribution in [-0.2, 0) is 19.5 Å². The highest BCUT2D eigenvalue weighted by Crippen LogP contribution is 2.17. The minimum Gasteiger partial charge on any atom is -0.291 e. The Morgan fingerprint density at radius 2 is 2.22 bits per heavy atom. The summed E-state index contributed by atoms with van der Waals surface area (Å²) in [6.45, 7) is 4.78. The third kappa shape index (κ3) is 2.38. The van der Waals surface area contributed by atoms with Gasteiger partial charge >= 0.3 is 0 Å². The lowest BCUT2D eigenvalue weighted by Gasteiger charge is -2.27. The van der Waals surface area contributed by atoms with Gasteiger partial charge in [-0.05, 0) is 31.0 Å². The molecule has 0 amide bonds. The van der Waals surface area contributed by atoms with E-state index in [2.05, 4.69) is 25.9 Å². The van der Waals surface area contributed by atoms with Gasteiger partial charge in [-0.2, -0.15) is 0 Å². The molecule has 0 saturated carbocycles. The summed E-state index contributed by atoms with van der Waals surface area (Å²) >= 11 is 0. The van der Waals surface area contributed by atoms with Gasteiger partial charge in [0.1, 0.15) is 5.82 Å². The number of aryl methyl sites for hydroxylation is 1. The Kier molecular flexibility index (Phi) is 3.02. The Labute approximate surface area is 107 Å². The van der Waals surface area contributed by atoms with Crippen LogP contribution >= 0.6 is 0 Å². The maximum absolute atomic E-state index is 4.53. The van der Waals surface area contributed by atoms with Crippen LogP contribution in [0.3, 0.4) is 0 Å². The zero-order valence-corrected chi connectivity index (χ0v) is 10.5. The quantitative estimate of drug-likeness (QED) is 0.802. The van der Waals surface area contributed by atoms with Gasteiger partial charge in [0.25, 0.3) is 0 Å². The lowest BCUT2D eigenvalue weighted by atomic mass is 10.1. The summed E-state index contributed by atoms with van der Waals surface area (Å²) in [7, 11) is 0. The Morgan fingerprint density at radius 1 is 1.28 bits per heavy atom. The van der Waals surface area contributed by atoms with E-state index in [0.717, 1.165) is 37.6 Å². The van der Waals surface area contributed by atoms with E-state index in [4.69, 9.17) is 0 Å². The van der Waals surface area contributed by atoms with E-state index in [1.807, 2.05) is 31.5 Å². The number of hydrogen-bond donors (Lipinski definition) is 0. The highest BCUT2D eigenvalue weighted by Gasteiger charge is 2.18. The van der Waals surface area contributed by atoms with Gasteiger partial charge in [-0.1, -0.05) is 6.07 Å². The third-order valence-electron chi connectivity index (χ3n) is 3.26. The molecule has 4 nitrogen and oxygen atoms in total. The normalized spacial score (nSPS) is 15.4. The molecule has 0 spiro atoms. The molecular weight excluding hydrogens is 224 g/mol. The van der Waals surface area contributed by atoms with Crippen molar-refractivity contribution in [3.63, 3.8) is 0 Å². The fourth-order valence-corrected chi connectivity index (χ4v) is 2.31. The first-order valence-electron chi connectivity index (χ1n) is 6.25. The minimum absolute atomic E-state index is 0.855. The molecule has 2 aromatic rings. The third-order valence-corrected chi connectivity index (χ3v) is 3.26. The van der Waals surface area contributed by atoms with Gasteiger partial charge in [-0.3, -0.25) is 9.88 Å². The standard InChI is InChI=1S/C14H16N4/c1-11-16-8-12-5-7-18(10-14(12)17-11)9-13-4-2-3-6-15-13/h2-4,6,8H,5,7,9-10H2,1H3. The molecule has 3 heterocycles. The Bertz CT molecular complexity index is 539.